The summed E-state index contributed by atoms with van der Waals surface area (Å²) in [5, 5.41) is 23.5. The molecule has 3 N–H and O–H groups in total. The number of carbonyl (C=O) groups excluding carboxylic acids is 2. The normalized spacial score (nSPS) is 25.2. The molecule has 1 aromatic carbocycles. The van der Waals surface area contributed by atoms with Gasteiger partial charge in [-0.25, -0.2) is 5.48 Å². The van der Waals surface area contributed by atoms with Crippen molar-refractivity contribution in [3.8, 4) is 0 Å². The maximum Gasteiger partial charge on any atom is 0.270 e. The van der Waals surface area contributed by atoms with Crippen LogP contribution in [0.4, 0.5) is 5.69 Å². The number of hydrogen-bond donors (Lipinski definition) is 3. The Kier molecular flexibility index (Phi) is 5.33. The minimum atomic E-state index is -0.657. The number of amides is 2. The average Bonchev–Trinajstić information content (AvgIpc) is 3.51. The zero-order chi connectivity index (χ0) is 21.5. The summed E-state index contributed by atoms with van der Waals surface area (Å²) in [6.45, 7) is 3.53. The zero-order valence-corrected chi connectivity index (χ0v) is 16.9. The average molecular weight is 414 g/mol. The predicted octanol–water partition coefficient (Wildman–Crippen LogP) is 1.86. The standard InChI is InChI=1S/C21H26N4O5/c1-13-11-24(8-5-16(13)14-3-2-4-15(9-14)25(29)30)20(27)18-17(19(26)23-28)10-21(6-7-21)12-22-18/h2-4,9,17-18,22,28H,5-8,10-12H2,1H3,(H,23,26). The van der Waals surface area contributed by atoms with Crippen molar-refractivity contribution in [1.82, 2.24) is 15.7 Å². The van der Waals surface area contributed by atoms with E-state index in [0.717, 1.165) is 29.6 Å². The molecule has 2 atom stereocenters. The summed E-state index contributed by atoms with van der Waals surface area (Å²) in [6.07, 6.45) is 3.26. The number of piperidine rings is 1. The van der Waals surface area contributed by atoms with Gasteiger partial charge in [-0.15, -0.1) is 0 Å². The third-order valence-electron chi connectivity index (χ3n) is 6.71. The molecule has 160 valence electrons. The summed E-state index contributed by atoms with van der Waals surface area (Å²) in [6, 6.07) is 5.89. The first kappa shape index (κ1) is 20.5. The third kappa shape index (κ3) is 3.82. The van der Waals surface area contributed by atoms with E-state index in [4.69, 9.17) is 5.21 Å². The summed E-state index contributed by atoms with van der Waals surface area (Å²) in [5.74, 6) is -1.26. The van der Waals surface area contributed by atoms with Crippen LogP contribution < -0.4 is 10.8 Å². The van der Waals surface area contributed by atoms with Crippen molar-refractivity contribution >= 4 is 23.1 Å². The molecule has 1 spiro atoms. The predicted molar refractivity (Wildman–Crippen MR) is 108 cm³/mol. The molecule has 9 nitrogen and oxygen atoms in total. The van der Waals surface area contributed by atoms with E-state index in [9.17, 15) is 19.7 Å². The number of hydrogen-bond acceptors (Lipinski definition) is 6. The van der Waals surface area contributed by atoms with Crippen LogP contribution in [-0.2, 0) is 9.59 Å². The Balaban J connectivity index is 1.50. The van der Waals surface area contributed by atoms with E-state index in [1.54, 1.807) is 22.5 Å². The second-order valence-electron chi connectivity index (χ2n) is 8.72. The van der Waals surface area contributed by atoms with Crippen molar-refractivity contribution < 1.29 is 19.7 Å². The van der Waals surface area contributed by atoms with Crippen LogP contribution in [0.5, 0.6) is 0 Å². The maximum absolute atomic E-state index is 13.2. The molecule has 2 amide bonds. The first-order valence-electron chi connectivity index (χ1n) is 10.2. The number of nitrogens with one attached hydrogen (secondary N) is 2. The Morgan fingerprint density at radius 3 is 2.77 bits per heavy atom. The van der Waals surface area contributed by atoms with Gasteiger partial charge in [0.1, 0.15) is 0 Å². The molecule has 2 heterocycles. The summed E-state index contributed by atoms with van der Waals surface area (Å²) >= 11 is 0. The smallest absolute Gasteiger partial charge is 0.270 e. The van der Waals surface area contributed by atoms with E-state index in [2.05, 4.69) is 5.32 Å². The summed E-state index contributed by atoms with van der Waals surface area (Å²) in [5.41, 5.74) is 4.65. The van der Waals surface area contributed by atoms with Crippen LogP contribution in [0.2, 0.25) is 0 Å². The molecule has 30 heavy (non-hydrogen) atoms. The lowest BCUT2D eigenvalue weighted by Gasteiger charge is -2.39. The van der Waals surface area contributed by atoms with E-state index in [0.29, 0.717) is 32.5 Å². The van der Waals surface area contributed by atoms with Gasteiger partial charge in [0.15, 0.2) is 0 Å². The largest absolute Gasteiger partial charge is 0.337 e. The van der Waals surface area contributed by atoms with E-state index in [1.165, 1.54) is 6.07 Å². The van der Waals surface area contributed by atoms with Crippen molar-refractivity contribution in [2.24, 2.45) is 11.3 Å². The molecular weight excluding hydrogens is 388 g/mol. The molecule has 9 heteroatoms. The number of non-ortho nitro benzene ring substituents is 1. The lowest BCUT2D eigenvalue weighted by Crippen LogP contribution is -2.59. The monoisotopic (exact) mass is 414 g/mol. The summed E-state index contributed by atoms with van der Waals surface area (Å²) in [7, 11) is 0. The quantitative estimate of drug-likeness (QED) is 0.392. The van der Waals surface area contributed by atoms with Gasteiger partial charge in [-0.05, 0) is 49.2 Å². The van der Waals surface area contributed by atoms with Crippen LogP contribution >= 0.6 is 0 Å². The fourth-order valence-electron chi connectivity index (χ4n) is 4.77. The molecule has 2 fully saturated rings. The van der Waals surface area contributed by atoms with Crippen LogP contribution in [0.25, 0.3) is 5.57 Å². The van der Waals surface area contributed by atoms with Crippen molar-refractivity contribution in [1.29, 1.82) is 0 Å². The van der Waals surface area contributed by atoms with E-state index < -0.39 is 22.8 Å². The summed E-state index contributed by atoms with van der Waals surface area (Å²) in [4.78, 5) is 37.9. The van der Waals surface area contributed by atoms with Gasteiger partial charge in [-0.2, -0.15) is 0 Å². The molecule has 0 bridgehead atoms. The molecule has 1 aromatic rings. The fourth-order valence-corrected chi connectivity index (χ4v) is 4.77. The third-order valence-corrected chi connectivity index (χ3v) is 6.71. The molecule has 2 aliphatic heterocycles. The highest BCUT2D eigenvalue weighted by molar-refractivity contribution is 5.91. The Morgan fingerprint density at radius 1 is 1.37 bits per heavy atom. The number of benzene rings is 1. The Bertz CT molecular complexity index is 924. The molecule has 1 aliphatic carbocycles. The van der Waals surface area contributed by atoms with Gasteiger partial charge in [0, 0.05) is 31.8 Å². The first-order valence-corrected chi connectivity index (χ1v) is 10.2. The van der Waals surface area contributed by atoms with Crippen molar-refractivity contribution in [2.45, 2.75) is 38.6 Å². The van der Waals surface area contributed by atoms with Gasteiger partial charge >= 0.3 is 0 Å². The number of hydroxylamine groups is 1. The number of nitrogens with zero attached hydrogens (tertiary/aromatic N) is 2. The zero-order valence-electron chi connectivity index (χ0n) is 16.9. The van der Waals surface area contributed by atoms with Gasteiger partial charge < -0.3 is 10.2 Å². The molecule has 0 radical (unpaired) electrons. The number of carbonyl (C=O) groups is 2. The van der Waals surface area contributed by atoms with Gasteiger partial charge in [0.25, 0.3) is 5.69 Å². The van der Waals surface area contributed by atoms with Crippen LogP contribution in [0.1, 0.15) is 38.2 Å². The highest BCUT2D eigenvalue weighted by atomic mass is 16.6. The molecular formula is C21H26N4O5. The van der Waals surface area contributed by atoms with Crippen molar-refractivity contribution in [3.63, 3.8) is 0 Å². The van der Waals surface area contributed by atoms with Gasteiger partial charge in [-0.3, -0.25) is 24.9 Å². The lowest BCUT2D eigenvalue weighted by molar-refractivity contribution is -0.384. The fraction of sp³-hybridized carbons (Fsp3) is 0.524. The Hall–Kier alpha value is -2.78. The van der Waals surface area contributed by atoms with Crippen LogP contribution in [-0.4, -0.2) is 52.5 Å². The highest BCUT2D eigenvalue weighted by Gasteiger charge is 2.52. The van der Waals surface area contributed by atoms with Crippen LogP contribution in [0, 0.1) is 21.4 Å². The highest BCUT2D eigenvalue weighted by Crippen LogP contribution is 2.52. The molecule has 3 aliphatic rings. The maximum atomic E-state index is 13.2. The number of nitro benzene ring substituents is 1. The second kappa shape index (κ2) is 7.81. The topological polar surface area (TPSA) is 125 Å². The second-order valence-corrected chi connectivity index (χ2v) is 8.72. The lowest BCUT2D eigenvalue weighted by atomic mass is 9.81. The van der Waals surface area contributed by atoms with Crippen molar-refractivity contribution in [2.75, 3.05) is 19.6 Å². The molecule has 4 rings (SSSR count). The van der Waals surface area contributed by atoms with Gasteiger partial charge in [0.2, 0.25) is 11.8 Å². The van der Waals surface area contributed by atoms with Gasteiger partial charge in [-0.1, -0.05) is 17.7 Å². The minimum absolute atomic E-state index is 0.0459. The van der Waals surface area contributed by atoms with Crippen LogP contribution in [0.3, 0.4) is 0 Å². The van der Waals surface area contributed by atoms with E-state index in [1.807, 2.05) is 13.0 Å². The molecule has 2 unspecified atom stereocenters. The van der Waals surface area contributed by atoms with Gasteiger partial charge in [0.05, 0.1) is 16.9 Å². The molecule has 1 saturated heterocycles. The SMILES string of the molecule is CC1=C(c2cccc([N+](=O)[O-])c2)CCN(C(=O)C2NCC3(CC3)CC2C(=O)NO)C1. The number of nitro groups is 1. The first-order chi connectivity index (χ1) is 14.3. The number of rotatable bonds is 4. The summed E-state index contributed by atoms with van der Waals surface area (Å²) < 4.78 is 0. The Morgan fingerprint density at radius 2 is 2.13 bits per heavy atom. The minimum Gasteiger partial charge on any atom is -0.337 e. The Labute approximate surface area is 174 Å². The molecule has 1 saturated carbocycles. The van der Waals surface area contributed by atoms with E-state index in [-0.39, 0.29) is 17.0 Å². The molecule has 0 aromatic heterocycles. The van der Waals surface area contributed by atoms with Crippen LogP contribution in [0.15, 0.2) is 29.8 Å². The van der Waals surface area contributed by atoms with E-state index >= 15 is 0 Å². The van der Waals surface area contributed by atoms with Crippen molar-refractivity contribution in [3.05, 3.63) is 45.5 Å².